The molecule has 1 aliphatic carbocycles. The van der Waals surface area contributed by atoms with Crippen LogP contribution in [0.4, 0.5) is 0 Å². The van der Waals surface area contributed by atoms with Crippen LogP contribution in [0.25, 0.3) is 0 Å². The molecule has 1 aromatic rings. The summed E-state index contributed by atoms with van der Waals surface area (Å²) in [6, 6.07) is 0. The second-order valence-electron chi connectivity index (χ2n) is 4.26. The molecule has 0 bridgehead atoms. The van der Waals surface area contributed by atoms with Gasteiger partial charge in [-0.3, -0.25) is 0 Å². The third-order valence-corrected chi connectivity index (χ3v) is 3.05. The van der Waals surface area contributed by atoms with Gasteiger partial charge in [0, 0.05) is 12.7 Å². The molecule has 0 unspecified atom stereocenters. The summed E-state index contributed by atoms with van der Waals surface area (Å²) >= 11 is 0. The van der Waals surface area contributed by atoms with Gasteiger partial charge in [0.2, 0.25) is 0 Å². The van der Waals surface area contributed by atoms with Gasteiger partial charge >= 0.3 is 5.97 Å². The first kappa shape index (κ1) is 10.2. The molecule has 1 aromatic heterocycles. The molecular formula is C11H16N2O2. The zero-order valence-electron chi connectivity index (χ0n) is 8.72. The van der Waals surface area contributed by atoms with Crippen molar-refractivity contribution in [2.45, 2.75) is 38.6 Å². The van der Waals surface area contributed by atoms with Gasteiger partial charge in [-0.25, -0.2) is 9.78 Å². The lowest BCUT2D eigenvalue weighted by Gasteiger charge is -2.21. The summed E-state index contributed by atoms with van der Waals surface area (Å²) in [4.78, 5) is 14.5. The van der Waals surface area contributed by atoms with Gasteiger partial charge in [0.05, 0.1) is 6.33 Å². The molecule has 15 heavy (non-hydrogen) atoms. The smallest absolute Gasteiger partial charge is 0.356 e. The van der Waals surface area contributed by atoms with Crippen LogP contribution in [0.15, 0.2) is 12.5 Å². The summed E-state index contributed by atoms with van der Waals surface area (Å²) in [5, 5.41) is 8.73. The Hall–Kier alpha value is -1.32. The van der Waals surface area contributed by atoms with Crippen LogP contribution in [-0.2, 0) is 6.54 Å². The first-order chi connectivity index (χ1) is 7.25. The van der Waals surface area contributed by atoms with Crippen molar-refractivity contribution in [2.75, 3.05) is 0 Å². The average Bonchev–Trinajstić information content (AvgIpc) is 2.68. The van der Waals surface area contributed by atoms with Gasteiger partial charge in [0.15, 0.2) is 5.69 Å². The highest BCUT2D eigenvalue weighted by Crippen LogP contribution is 2.24. The summed E-state index contributed by atoms with van der Waals surface area (Å²) < 4.78 is 1.90. The third-order valence-electron chi connectivity index (χ3n) is 3.05. The number of hydrogen-bond donors (Lipinski definition) is 1. The highest BCUT2D eigenvalue weighted by atomic mass is 16.4. The van der Waals surface area contributed by atoms with E-state index in [4.69, 9.17) is 5.11 Å². The van der Waals surface area contributed by atoms with Gasteiger partial charge in [-0.1, -0.05) is 19.3 Å². The number of carbonyl (C=O) groups is 1. The molecule has 1 N–H and O–H groups in total. The molecule has 0 spiro atoms. The zero-order chi connectivity index (χ0) is 10.7. The van der Waals surface area contributed by atoms with Crippen LogP contribution in [0.3, 0.4) is 0 Å². The molecule has 1 fully saturated rings. The van der Waals surface area contributed by atoms with Crippen LogP contribution in [-0.4, -0.2) is 20.6 Å². The molecule has 0 atom stereocenters. The van der Waals surface area contributed by atoms with Crippen molar-refractivity contribution in [2.24, 2.45) is 5.92 Å². The topological polar surface area (TPSA) is 55.1 Å². The predicted octanol–water partition coefficient (Wildman–Crippen LogP) is 2.16. The maximum atomic E-state index is 10.6. The SMILES string of the molecule is O=C(O)c1cn(CC2CCCCC2)cn1. The summed E-state index contributed by atoms with van der Waals surface area (Å²) in [6.07, 6.45) is 9.74. The van der Waals surface area contributed by atoms with Gasteiger partial charge in [-0.05, 0) is 18.8 Å². The lowest BCUT2D eigenvalue weighted by Crippen LogP contribution is -2.13. The van der Waals surface area contributed by atoms with Crippen molar-refractivity contribution in [1.82, 2.24) is 9.55 Å². The van der Waals surface area contributed by atoms with Gasteiger partial charge in [0.25, 0.3) is 0 Å². The van der Waals surface area contributed by atoms with Crippen molar-refractivity contribution in [3.8, 4) is 0 Å². The van der Waals surface area contributed by atoms with Gasteiger partial charge < -0.3 is 9.67 Å². The maximum absolute atomic E-state index is 10.6. The van der Waals surface area contributed by atoms with E-state index in [1.807, 2.05) is 4.57 Å². The summed E-state index contributed by atoms with van der Waals surface area (Å²) in [6.45, 7) is 0.917. The normalized spacial score (nSPS) is 17.9. The molecule has 1 heterocycles. The molecule has 0 aliphatic heterocycles. The standard InChI is InChI=1S/C11H16N2O2/c14-11(15)10-7-13(8-12-10)6-9-4-2-1-3-5-9/h7-9H,1-6H2,(H,14,15). The Morgan fingerprint density at radius 2 is 2.20 bits per heavy atom. The van der Waals surface area contributed by atoms with Crippen molar-refractivity contribution in [3.63, 3.8) is 0 Å². The molecular weight excluding hydrogens is 192 g/mol. The van der Waals surface area contributed by atoms with E-state index in [0.29, 0.717) is 5.92 Å². The number of rotatable bonds is 3. The number of hydrogen-bond acceptors (Lipinski definition) is 2. The zero-order valence-corrected chi connectivity index (χ0v) is 8.72. The Bertz CT molecular complexity index is 340. The van der Waals surface area contributed by atoms with Crippen LogP contribution < -0.4 is 0 Å². The number of nitrogens with zero attached hydrogens (tertiary/aromatic N) is 2. The molecule has 0 radical (unpaired) electrons. The Labute approximate surface area is 88.9 Å². The Morgan fingerprint density at radius 1 is 1.47 bits per heavy atom. The van der Waals surface area contributed by atoms with Crippen LogP contribution in [0.1, 0.15) is 42.6 Å². The van der Waals surface area contributed by atoms with E-state index < -0.39 is 5.97 Å². The Balaban J connectivity index is 1.94. The number of carboxylic acid groups (broad SMARTS) is 1. The van der Waals surface area contributed by atoms with Crippen molar-refractivity contribution in [3.05, 3.63) is 18.2 Å². The van der Waals surface area contributed by atoms with Gasteiger partial charge in [0.1, 0.15) is 0 Å². The fourth-order valence-electron chi connectivity index (χ4n) is 2.24. The molecule has 4 heteroatoms. The molecule has 82 valence electrons. The van der Waals surface area contributed by atoms with Gasteiger partial charge in [-0.15, -0.1) is 0 Å². The van der Waals surface area contributed by atoms with Crippen molar-refractivity contribution in [1.29, 1.82) is 0 Å². The highest BCUT2D eigenvalue weighted by molar-refractivity contribution is 5.84. The fraction of sp³-hybridized carbons (Fsp3) is 0.636. The van der Waals surface area contributed by atoms with E-state index >= 15 is 0 Å². The second-order valence-corrected chi connectivity index (χ2v) is 4.26. The minimum atomic E-state index is -0.947. The van der Waals surface area contributed by atoms with Gasteiger partial charge in [-0.2, -0.15) is 0 Å². The number of carboxylic acids is 1. The van der Waals surface area contributed by atoms with Crippen LogP contribution >= 0.6 is 0 Å². The molecule has 4 nitrogen and oxygen atoms in total. The van der Waals surface area contributed by atoms with Crippen molar-refractivity contribution >= 4 is 5.97 Å². The van der Waals surface area contributed by atoms with Crippen LogP contribution in [0, 0.1) is 5.92 Å². The van der Waals surface area contributed by atoms with E-state index in [2.05, 4.69) is 4.98 Å². The molecule has 2 rings (SSSR count). The minimum absolute atomic E-state index is 0.144. The van der Waals surface area contributed by atoms with E-state index in [1.165, 1.54) is 32.1 Å². The van der Waals surface area contributed by atoms with E-state index in [0.717, 1.165) is 6.54 Å². The number of imidazole rings is 1. The molecule has 0 amide bonds. The average molecular weight is 208 g/mol. The lowest BCUT2D eigenvalue weighted by molar-refractivity contribution is 0.0691. The van der Waals surface area contributed by atoms with Crippen LogP contribution in [0.2, 0.25) is 0 Å². The largest absolute Gasteiger partial charge is 0.476 e. The first-order valence-electron chi connectivity index (χ1n) is 5.51. The van der Waals surface area contributed by atoms with Crippen molar-refractivity contribution < 1.29 is 9.90 Å². The predicted molar refractivity (Wildman–Crippen MR) is 55.8 cm³/mol. The second kappa shape index (κ2) is 4.47. The molecule has 0 aromatic carbocycles. The van der Waals surface area contributed by atoms with Crippen LogP contribution in [0.5, 0.6) is 0 Å². The fourth-order valence-corrected chi connectivity index (χ4v) is 2.24. The molecule has 1 saturated carbocycles. The lowest BCUT2D eigenvalue weighted by atomic mass is 9.89. The first-order valence-corrected chi connectivity index (χ1v) is 5.51. The summed E-state index contributed by atoms with van der Waals surface area (Å²) in [7, 11) is 0. The Morgan fingerprint density at radius 3 is 2.80 bits per heavy atom. The summed E-state index contributed by atoms with van der Waals surface area (Å²) in [5.74, 6) is -0.244. The number of aromatic carboxylic acids is 1. The molecule has 0 saturated heterocycles. The maximum Gasteiger partial charge on any atom is 0.356 e. The highest BCUT2D eigenvalue weighted by Gasteiger charge is 2.14. The van der Waals surface area contributed by atoms with E-state index in [-0.39, 0.29) is 5.69 Å². The number of aromatic nitrogens is 2. The minimum Gasteiger partial charge on any atom is -0.476 e. The van der Waals surface area contributed by atoms with E-state index in [1.54, 1.807) is 12.5 Å². The van der Waals surface area contributed by atoms with E-state index in [9.17, 15) is 4.79 Å². The Kier molecular flexibility index (Phi) is 3.04. The quantitative estimate of drug-likeness (QED) is 0.828. The third kappa shape index (κ3) is 2.58. The monoisotopic (exact) mass is 208 g/mol. The summed E-state index contributed by atoms with van der Waals surface area (Å²) in [5.41, 5.74) is 0.144. The molecule has 1 aliphatic rings.